The van der Waals surface area contributed by atoms with Crippen LogP contribution in [-0.2, 0) is 30.6 Å². The zero-order chi connectivity index (χ0) is 30.0. The summed E-state index contributed by atoms with van der Waals surface area (Å²) < 4.78 is 40.0. The van der Waals surface area contributed by atoms with Crippen LogP contribution < -0.4 is 22.2 Å². The molecule has 15 heteroatoms. The number of hydrazine groups is 1. The number of carbonyl (C=O) groups excluding carboxylic acids is 2. The van der Waals surface area contributed by atoms with Crippen molar-refractivity contribution in [2.75, 3.05) is 6.54 Å². The molecule has 0 saturated heterocycles. The summed E-state index contributed by atoms with van der Waals surface area (Å²) in [7, 11) is 0. The van der Waals surface area contributed by atoms with Crippen molar-refractivity contribution in [2.24, 2.45) is 11.6 Å². The topological polar surface area (TPSA) is 170 Å². The smallest absolute Gasteiger partial charge is 0.393 e. The van der Waals surface area contributed by atoms with Crippen molar-refractivity contribution in [2.45, 2.75) is 58.4 Å². The van der Waals surface area contributed by atoms with Gasteiger partial charge in [-0.25, -0.2) is 5.84 Å². The first-order valence-corrected chi connectivity index (χ1v) is 12.8. The summed E-state index contributed by atoms with van der Waals surface area (Å²) in [6.07, 6.45) is 3.16. The third-order valence-corrected chi connectivity index (χ3v) is 5.90. The molecule has 41 heavy (non-hydrogen) atoms. The number of nitrogens with two attached hydrogens (primary N) is 2. The number of rotatable bonds is 13. The lowest BCUT2D eigenvalue weighted by Gasteiger charge is -2.15. The molecule has 12 nitrogen and oxygen atoms in total. The SMILES string of the molecule is CC(C)c1ccnc(CNC(=O)c2cn(CCCCN(N)/C=C(\N)C(=O)NCc3cncc(C(F)(F)F)c3)nn2)c1. The van der Waals surface area contributed by atoms with Gasteiger partial charge in [0.2, 0.25) is 0 Å². The third kappa shape index (κ3) is 9.86. The van der Waals surface area contributed by atoms with Gasteiger partial charge in [-0.1, -0.05) is 19.1 Å². The van der Waals surface area contributed by atoms with Crippen LogP contribution in [0.5, 0.6) is 0 Å². The van der Waals surface area contributed by atoms with E-state index in [1.807, 2.05) is 12.1 Å². The molecule has 2 amide bonds. The van der Waals surface area contributed by atoms with Crippen LogP contribution in [0.15, 0.2) is 54.9 Å². The van der Waals surface area contributed by atoms with Crippen molar-refractivity contribution in [1.82, 2.24) is 40.6 Å². The average Bonchev–Trinajstić information content (AvgIpc) is 3.41. The summed E-state index contributed by atoms with van der Waals surface area (Å²) in [6.45, 7) is 5.10. The van der Waals surface area contributed by atoms with E-state index in [1.54, 1.807) is 17.1 Å². The Morgan fingerprint density at radius 3 is 2.66 bits per heavy atom. The van der Waals surface area contributed by atoms with Crippen LogP contribution in [-0.4, -0.2) is 48.3 Å². The van der Waals surface area contributed by atoms with Gasteiger partial charge >= 0.3 is 6.18 Å². The van der Waals surface area contributed by atoms with Crippen molar-refractivity contribution in [3.63, 3.8) is 0 Å². The molecule has 0 aromatic carbocycles. The lowest BCUT2D eigenvalue weighted by Crippen LogP contribution is -2.33. The second-order valence-corrected chi connectivity index (χ2v) is 9.58. The van der Waals surface area contributed by atoms with E-state index in [1.165, 1.54) is 17.4 Å². The van der Waals surface area contributed by atoms with Crippen LogP contribution in [0.25, 0.3) is 0 Å². The zero-order valence-electron chi connectivity index (χ0n) is 22.7. The van der Waals surface area contributed by atoms with Crippen molar-refractivity contribution >= 4 is 11.8 Å². The highest BCUT2D eigenvalue weighted by molar-refractivity contribution is 5.92. The van der Waals surface area contributed by atoms with Crippen LogP contribution in [0.2, 0.25) is 0 Å². The fraction of sp³-hybridized carbons (Fsp3) is 0.385. The third-order valence-electron chi connectivity index (χ3n) is 5.90. The molecule has 3 heterocycles. The molecule has 0 atom stereocenters. The fourth-order valence-electron chi connectivity index (χ4n) is 3.62. The van der Waals surface area contributed by atoms with Gasteiger partial charge in [0.25, 0.3) is 11.8 Å². The molecule has 220 valence electrons. The van der Waals surface area contributed by atoms with Crippen molar-refractivity contribution in [1.29, 1.82) is 0 Å². The van der Waals surface area contributed by atoms with Gasteiger partial charge in [-0.3, -0.25) is 24.2 Å². The monoisotopic (exact) mass is 574 g/mol. The van der Waals surface area contributed by atoms with Crippen LogP contribution in [0.3, 0.4) is 0 Å². The molecule has 3 aromatic heterocycles. The van der Waals surface area contributed by atoms with E-state index in [0.717, 1.165) is 17.3 Å². The molecule has 6 N–H and O–H groups in total. The number of alkyl halides is 3. The van der Waals surface area contributed by atoms with E-state index >= 15 is 0 Å². The van der Waals surface area contributed by atoms with E-state index in [-0.39, 0.29) is 36.0 Å². The summed E-state index contributed by atoms with van der Waals surface area (Å²) in [5.41, 5.74) is 6.90. The summed E-state index contributed by atoms with van der Waals surface area (Å²) in [6, 6.07) is 4.80. The molecular formula is C26H33F3N10O2. The molecule has 0 unspecified atom stereocenters. The molecule has 3 aromatic rings. The summed E-state index contributed by atoms with van der Waals surface area (Å²) in [5, 5.41) is 14.4. The summed E-state index contributed by atoms with van der Waals surface area (Å²) in [4.78, 5) is 32.4. The lowest BCUT2D eigenvalue weighted by molar-refractivity contribution is -0.137. The highest BCUT2D eigenvalue weighted by atomic mass is 19.4. The second-order valence-electron chi connectivity index (χ2n) is 9.58. The molecule has 0 aliphatic rings. The average molecular weight is 575 g/mol. The highest BCUT2D eigenvalue weighted by Crippen LogP contribution is 2.28. The first-order chi connectivity index (χ1) is 19.4. The quantitative estimate of drug-likeness (QED) is 0.103. The number of halogens is 3. The number of nitrogens with one attached hydrogen (secondary N) is 2. The maximum absolute atomic E-state index is 12.8. The Morgan fingerprint density at radius 2 is 1.93 bits per heavy atom. The van der Waals surface area contributed by atoms with E-state index in [0.29, 0.717) is 38.0 Å². The second kappa shape index (κ2) is 14.2. The Bertz CT molecular complexity index is 1360. The Kier molecular flexibility index (Phi) is 10.7. The molecule has 0 radical (unpaired) electrons. The Morgan fingerprint density at radius 1 is 1.15 bits per heavy atom. The first kappa shape index (κ1) is 31.0. The van der Waals surface area contributed by atoms with E-state index < -0.39 is 17.6 Å². The van der Waals surface area contributed by atoms with Crippen molar-refractivity contribution in [3.8, 4) is 0 Å². The number of aryl methyl sites for hydroxylation is 1. The van der Waals surface area contributed by atoms with Crippen LogP contribution in [0, 0.1) is 0 Å². The van der Waals surface area contributed by atoms with E-state index in [2.05, 4.69) is 44.8 Å². The fourth-order valence-corrected chi connectivity index (χ4v) is 3.62. The van der Waals surface area contributed by atoms with Gasteiger partial charge in [0, 0.05) is 44.4 Å². The zero-order valence-corrected chi connectivity index (χ0v) is 22.7. The van der Waals surface area contributed by atoms with Gasteiger partial charge in [0.05, 0.1) is 24.0 Å². The molecule has 3 rings (SSSR count). The molecule has 0 aliphatic carbocycles. The van der Waals surface area contributed by atoms with E-state index in [4.69, 9.17) is 11.6 Å². The number of hydrogen-bond acceptors (Lipinski definition) is 9. The Balaban J connectivity index is 1.37. The van der Waals surface area contributed by atoms with Gasteiger partial charge in [-0.2, -0.15) is 13.2 Å². The Hall–Kier alpha value is -4.53. The van der Waals surface area contributed by atoms with Gasteiger partial charge < -0.3 is 21.4 Å². The predicted molar refractivity (Wildman–Crippen MR) is 143 cm³/mol. The van der Waals surface area contributed by atoms with Gasteiger partial charge in [0.1, 0.15) is 5.70 Å². The number of pyridine rings is 2. The number of carbonyl (C=O) groups is 2. The molecule has 0 saturated carbocycles. The van der Waals surface area contributed by atoms with Crippen LogP contribution >= 0.6 is 0 Å². The normalized spacial score (nSPS) is 11.9. The number of aromatic nitrogens is 5. The van der Waals surface area contributed by atoms with Gasteiger partial charge in [0.15, 0.2) is 5.69 Å². The Labute approximate surface area is 235 Å². The molecule has 0 bridgehead atoms. The number of amides is 2. The van der Waals surface area contributed by atoms with Crippen molar-refractivity contribution in [3.05, 3.63) is 83.0 Å². The molecule has 0 fully saturated rings. The van der Waals surface area contributed by atoms with E-state index in [9.17, 15) is 22.8 Å². The largest absolute Gasteiger partial charge is 0.417 e. The summed E-state index contributed by atoms with van der Waals surface area (Å²) >= 11 is 0. The number of hydrogen-bond donors (Lipinski definition) is 4. The lowest BCUT2D eigenvalue weighted by atomic mass is 10.0. The predicted octanol–water partition coefficient (Wildman–Crippen LogP) is 2.21. The van der Waals surface area contributed by atoms with Gasteiger partial charge in [-0.05, 0) is 48.1 Å². The minimum Gasteiger partial charge on any atom is -0.393 e. The van der Waals surface area contributed by atoms with Crippen molar-refractivity contribution < 1.29 is 22.8 Å². The minimum atomic E-state index is -4.53. The number of nitrogens with zero attached hydrogens (tertiary/aromatic N) is 6. The van der Waals surface area contributed by atoms with Crippen LogP contribution in [0.1, 0.15) is 65.5 Å². The number of unbranched alkanes of at least 4 members (excludes halogenated alkanes) is 1. The maximum atomic E-state index is 12.8. The van der Waals surface area contributed by atoms with Crippen LogP contribution in [0.4, 0.5) is 13.2 Å². The molecule has 0 aliphatic heterocycles. The first-order valence-electron chi connectivity index (χ1n) is 12.8. The van der Waals surface area contributed by atoms with Gasteiger partial charge in [-0.15, -0.1) is 5.10 Å². The standard InChI is InChI=1S/C26H33F3N10O2/c1-17(2)19-5-6-33-21(10-19)14-35-25(41)23-16-39(37-36-23)8-4-3-7-38(31)15-22(30)24(40)34-12-18-9-20(13-32-11-18)26(27,28)29/h5-6,9-11,13,15-17H,3-4,7-8,12,14,30-31H2,1-2H3,(H,34,40)(H,35,41)/b22-15-. The molecular weight excluding hydrogens is 541 g/mol. The molecule has 0 spiro atoms. The maximum Gasteiger partial charge on any atom is 0.417 e. The summed E-state index contributed by atoms with van der Waals surface area (Å²) in [5.74, 6) is 5.20. The highest BCUT2D eigenvalue weighted by Gasteiger charge is 2.31. The minimum absolute atomic E-state index is 0.174.